The summed E-state index contributed by atoms with van der Waals surface area (Å²) in [7, 11) is 0. The summed E-state index contributed by atoms with van der Waals surface area (Å²) in [5.74, 6) is -0.659. The molecule has 82 valence electrons. The third-order valence-corrected chi connectivity index (χ3v) is 1.83. The molecule has 0 aromatic rings. The SMILES string of the molecule is C=C(C)C(=O)OC(C)(N)C(F)CCC. The molecule has 0 spiro atoms. The first-order valence-electron chi connectivity index (χ1n) is 4.63. The maximum Gasteiger partial charge on any atom is 0.334 e. The highest BCUT2D eigenvalue weighted by Crippen LogP contribution is 2.18. The molecule has 0 aliphatic carbocycles. The van der Waals surface area contributed by atoms with E-state index in [9.17, 15) is 9.18 Å². The molecule has 0 amide bonds. The summed E-state index contributed by atoms with van der Waals surface area (Å²) in [5, 5.41) is 0. The maximum absolute atomic E-state index is 13.4. The van der Waals surface area contributed by atoms with E-state index in [2.05, 4.69) is 6.58 Å². The number of carbonyl (C=O) groups excluding carboxylic acids is 1. The van der Waals surface area contributed by atoms with E-state index >= 15 is 0 Å². The van der Waals surface area contributed by atoms with E-state index in [1.54, 1.807) is 0 Å². The highest BCUT2D eigenvalue weighted by molar-refractivity contribution is 5.87. The lowest BCUT2D eigenvalue weighted by molar-refractivity contribution is -0.159. The molecule has 4 heteroatoms. The number of halogens is 1. The largest absolute Gasteiger partial charge is 0.438 e. The molecule has 0 aliphatic rings. The first-order chi connectivity index (χ1) is 6.31. The van der Waals surface area contributed by atoms with Crippen LogP contribution >= 0.6 is 0 Å². The number of nitrogens with two attached hydrogens (primary N) is 1. The highest BCUT2D eigenvalue weighted by atomic mass is 19.1. The van der Waals surface area contributed by atoms with E-state index in [-0.39, 0.29) is 12.0 Å². The van der Waals surface area contributed by atoms with Gasteiger partial charge in [-0.05, 0) is 20.3 Å². The smallest absolute Gasteiger partial charge is 0.334 e. The monoisotopic (exact) mass is 203 g/mol. The van der Waals surface area contributed by atoms with Crippen LogP contribution in [0.5, 0.6) is 0 Å². The number of rotatable bonds is 5. The molecule has 0 rings (SSSR count). The minimum Gasteiger partial charge on any atom is -0.438 e. The molecule has 0 aliphatic heterocycles. The Bertz CT molecular complexity index is 226. The maximum atomic E-state index is 13.4. The summed E-state index contributed by atoms with van der Waals surface area (Å²) >= 11 is 0. The van der Waals surface area contributed by atoms with Crippen LogP contribution < -0.4 is 5.73 Å². The predicted octanol–water partition coefficient (Wildman–Crippen LogP) is 1.92. The molecule has 0 heterocycles. The summed E-state index contributed by atoms with van der Waals surface area (Å²) in [6.45, 7) is 8.08. The molecule has 14 heavy (non-hydrogen) atoms. The zero-order valence-corrected chi connectivity index (χ0v) is 8.97. The van der Waals surface area contributed by atoms with Gasteiger partial charge in [-0.1, -0.05) is 19.9 Å². The van der Waals surface area contributed by atoms with Crippen LogP contribution in [0.4, 0.5) is 4.39 Å². The van der Waals surface area contributed by atoms with Crippen LogP contribution in [0.2, 0.25) is 0 Å². The standard InChI is InChI=1S/C10H18FNO2/c1-5-6-8(11)10(4,12)14-9(13)7(2)3/h8H,2,5-6,12H2,1,3-4H3. The number of ether oxygens (including phenoxy) is 1. The van der Waals surface area contributed by atoms with Gasteiger partial charge >= 0.3 is 5.97 Å². The molecule has 0 radical (unpaired) electrons. The van der Waals surface area contributed by atoms with E-state index in [0.29, 0.717) is 6.42 Å². The van der Waals surface area contributed by atoms with Gasteiger partial charge in [0.2, 0.25) is 0 Å². The number of hydrogen-bond acceptors (Lipinski definition) is 3. The Balaban J connectivity index is 4.32. The summed E-state index contributed by atoms with van der Waals surface area (Å²) in [4.78, 5) is 11.1. The van der Waals surface area contributed by atoms with Crippen molar-refractivity contribution in [1.29, 1.82) is 0 Å². The average molecular weight is 203 g/mol. The van der Waals surface area contributed by atoms with Crippen molar-refractivity contribution < 1.29 is 13.9 Å². The van der Waals surface area contributed by atoms with Gasteiger partial charge in [0.1, 0.15) is 0 Å². The van der Waals surface area contributed by atoms with Crippen molar-refractivity contribution in [2.75, 3.05) is 0 Å². The van der Waals surface area contributed by atoms with Crippen molar-refractivity contribution in [2.45, 2.75) is 45.5 Å². The lowest BCUT2D eigenvalue weighted by Gasteiger charge is -2.28. The molecule has 0 fully saturated rings. The van der Waals surface area contributed by atoms with Gasteiger partial charge in [0.15, 0.2) is 11.9 Å². The minimum atomic E-state index is -1.56. The molecule has 0 aromatic heterocycles. The van der Waals surface area contributed by atoms with Gasteiger partial charge < -0.3 is 4.74 Å². The summed E-state index contributed by atoms with van der Waals surface area (Å²) < 4.78 is 18.2. The Morgan fingerprint density at radius 1 is 1.71 bits per heavy atom. The fourth-order valence-corrected chi connectivity index (χ4v) is 0.891. The molecule has 2 unspecified atom stereocenters. The van der Waals surface area contributed by atoms with E-state index in [1.165, 1.54) is 13.8 Å². The van der Waals surface area contributed by atoms with Crippen molar-refractivity contribution in [3.8, 4) is 0 Å². The Labute approximate surface area is 84.1 Å². The Kier molecular flexibility index (Phi) is 4.77. The van der Waals surface area contributed by atoms with Crippen molar-refractivity contribution in [3.63, 3.8) is 0 Å². The van der Waals surface area contributed by atoms with Crippen molar-refractivity contribution in [1.82, 2.24) is 0 Å². The second-order valence-corrected chi connectivity index (χ2v) is 3.61. The van der Waals surface area contributed by atoms with Crippen LogP contribution in [0.1, 0.15) is 33.6 Å². The Morgan fingerprint density at radius 2 is 2.21 bits per heavy atom. The fraction of sp³-hybridized carbons (Fsp3) is 0.700. The van der Waals surface area contributed by atoms with Crippen molar-refractivity contribution >= 4 is 5.97 Å². The molecule has 0 saturated heterocycles. The molecule has 2 N–H and O–H groups in total. The molecular formula is C10H18FNO2. The van der Waals surface area contributed by atoms with Gasteiger partial charge in [0.25, 0.3) is 0 Å². The van der Waals surface area contributed by atoms with Gasteiger partial charge in [0, 0.05) is 5.57 Å². The third kappa shape index (κ3) is 3.87. The molecule has 3 nitrogen and oxygen atoms in total. The van der Waals surface area contributed by atoms with Crippen molar-refractivity contribution in [2.24, 2.45) is 5.73 Å². The molecular weight excluding hydrogens is 185 g/mol. The third-order valence-electron chi connectivity index (χ3n) is 1.83. The average Bonchev–Trinajstić information content (AvgIpc) is 2.03. The minimum absolute atomic E-state index is 0.213. The zero-order valence-electron chi connectivity index (χ0n) is 8.97. The molecule has 0 bridgehead atoms. The number of alkyl halides is 1. The first kappa shape index (κ1) is 13.1. The lowest BCUT2D eigenvalue weighted by atomic mass is 10.1. The van der Waals surface area contributed by atoms with Crippen LogP contribution in [-0.4, -0.2) is 17.9 Å². The summed E-state index contributed by atoms with van der Waals surface area (Å²) in [6.07, 6.45) is -0.425. The quantitative estimate of drug-likeness (QED) is 0.422. The van der Waals surface area contributed by atoms with E-state index in [4.69, 9.17) is 10.5 Å². The van der Waals surface area contributed by atoms with Gasteiger partial charge in [-0.15, -0.1) is 0 Å². The number of hydrogen-bond donors (Lipinski definition) is 1. The Morgan fingerprint density at radius 3 is 2.57 bits per heavy atom. The van der Waals surface area contributed by atoms with Crippen LogP contribution in [0.25, 0.3) is 0 Å². The molecule has 2 atom stereocenters. The van der Waals surface area contributed by atoms with Gasteiger partial charge in [0.05, 0.1) is 0 Å². The normalized spacial score (nSPS) is 16.9. The number of carbonyl (C=O) groups is 1. The van der Waals surface area contributed by atoms with Gasteiger partial charge in [-0.25, -0.2) is 9.18 Å². The topological polar surface area (TPSA) is 52.3 Å². The lowest BCUT2D eigenvalue weighted by Crippen LogP contribution is -2.49. The van der Waals surface area contributed by atoms with Gasteiger partial charge in [-0.2, -0.15) is 0 Å². The van der Waals surface area contributed by atoms with Gasteiger partial charge in [-0.3, -0.25) is 5.73 Å². The van der Waals surface area contributed by atoms with Crippen molar-refractivity contribution in [3.05, 3.63) is 12.2 Å². The Hall–Kier alpha value is -0.900. The first-order valence-corrected chi connectivity index (χ1v) is 4.63. The van der Waals surface area contributed by atoms with E-state index < -0.39 is 17.9 Å². The fourth-order valence-electron chi connectivity index (χ4n) is 0.891. The molecule has 0 saturated carbocycles. The molecule has 0 aromatic carbocycles. The van der Waals surface area contributed by atoms with Crippen LogP contribution in [0, 0.1) is 0 Å². The highest BCUT2D eigenvalue weighted by Gasteiger charge is 2.33. The summed E-state index contributed by atoms with van der Waals surface area (Å²) in [6, 6.07) is 0. The predicted molar refractivity (Wildman–Crippen MR) is 53.3 cm³/mol. The van der Waals surface area contributed by atoms with Crippen LogP contribution in [0.15, 0.2) is 12.2 Å². The van der Waals surface area contributed by atoms with E-state index in [1.807, 2.05) is 6.92 Å². The number of esters is 1. The second kappa shape index (κ2) is 5.10. The second-order valence-electron chi connectivity index (χ2n) is 3.61. The van der Waals surface area contributed by atoms with Crippen LogP contribution in [0.3, 0.4) is 0 Å². The zero-order chi connectivity index (χ0) is 11.4. The van der Waals surface area contributed by atoms with Crippen LogP contribution in [-0.2, 0) is 9.53 Å². The summed E-state index contributed by atoms with van der Waals surface area (Å²) in [5.41, 5.74) is 4.18. The van der Waals surface area contributed by atoms with E-state index in [0.717, 1.165) is 0 Å².